The molecule has 0 fully saturated rings. The number of hydrogen-bond acceptors (Lipinski definition) is 3. The zero-order chi connectivity index (χ0) is 7.11. The van der Waals surface area contributed by atoms with E-state index in [0.717, 1.165) is 0 Å². The van der Waals surface area contributed by atoms with Gasteiger partial charge >= 0.3 is 0 Å². The highest BCUT2D eigenvalue weighted by atomic mass is 16.7. The standard InChI is InChI=1S/C6H11NO2/c1-3-6(4-7)9-5-8-2/h1,6H,4-5,7H2,2H3/t6-/m0/s1. The molecule has 0 rings (SSSR count). The summed E-state index contributed by atoms with van der Waals surface area (Å²) in [7, 11) is 1.53. The van der Waals surface area contributed by atoms with E-state index in [9.17, 15) is 0 Å². The number of methoxy groups -OCH3 is 1. The molecule has 0 aromatic heterocycles. The van der Waals surface area contributed by atoms with E-state index in [4.69, 9.17) is 16.9 Å². The van der Waals surface area contributed by atoms with Crippen molar-refractivity contribution in [1.82, 2.24) is 0 Å². The summed E-state index contributed by atoms with van der Waals surface area (Å²) in [6, 6.07) is 0. The van der Waals surface area contributed by atoms with E-state index in [1.807, 2.05) is 0 Å². The van der Waals surface area contributed by atoms with E-state index in [2.05, 4.69) is 10.7 Å². The van der Waals surface area contributed by atoms with Gasteiger partial charge in [-0.05, 0) is 0 Å². The second-order valence-electron chi connectivity index (χ2n) is 1.46. The molecule has 0 aliphatic rings. The fourth-order valence-electron chi connectivity index (χ4n) is 0.334. The van der Waals surface area contributed by atoms with Crippen molar-refractivity contribution in [3.63, 3.8) is 0 Å². The Kier molecular flexibility index (Phi) is 5.23. The normalized spacial score (nSPS) is 12.6. The lowest BCUT2D eigenvalue weighted by Gasteiger charge is -2.06. The van der Waals surface area contributed by atoms with Crippen LogP contribution in [-0.2, 0) is 9.47 Å². The monoisotopic (exact) mass is 129 g/mol. The second-order valence-corrected chi connectivity index (χ2v) is 1.46. The van der Waals surface area contributed by atoms with Crippen molar-refractivity contribution in [2.45, 2.75) is 6.10 Å². The summed E-state index contributed by atoms with van der Waals surface area (Å²) in [6.45, 7) is 0.534. The molecular formula is C6H11NO2. The van der Waals surface area contributed by atoms with Crippen molar-refractivity contribution in [1.29, 1.82) is 0 Å². The Morgan fingerprint density at radius 1 is 1.78 bits per heavy atom. The largest absolute Gasteiger partial charge is 0.359 e. The maximum Gasteiger partial charge on any atom is 0.148 e. The van der Waals surface area contributed by atoms with Crippen molar-refractivity contribution >= 4 is 0 Å². The number of nitrogens with two attached hydrogens (primary N) is 1. The van der Waals surface area contributed by atoms with E-state index >= 15 is 0 Å². The van der Waals surface area contributed by atoms with Gasteiger partial charge in [0, 0.05) is 13.7 Å². The Balaban J connectivity index is 3.23. The number of ether oxygens (including phenoxy) is 2. The van der Waals surface area contributed by atoms with Crippen LogP contribution in [0.15, 0.2) is 0 Å². The molecule has 0 saturated carbocycles. The third-order valence-electron chi connectivity index (χ3n) is 0.787. The molecule has 0 amide bonds. The first-order chi connectivity index (χ1) is 4.35. The first-order valence-corrected chi connectivity index (χ1v) is 2.62. The van der Waals surface area contributed by atoms with Crippen LogP contribution in [0.1, 0.15) is 0 Å². The molecule has 0 saturated heterocycles. The van der Waals surface area contributed by atoms with Crippen LogP contribution in [0, 0.1) is 12.3 Å². The van der Waals surface area contributed by atoms with Gasteiger partial charge in [-0.3, -0.25) is 0 Å². The molecule has 0 aromatic carbocycles. The minimum absolute atomic E-state index is 0.200. The third-order valence-corrected chi connectivity index (χ3v) is 0.787. The number of terminal acetylenes is 1. The van der Waals surface area contributed by atoms with E-state index in [1.165, 1.54) is 7.11 Å². The van der Waals surface area contributed by atoms with E-state index in [1.54, 1.807) is 0 Å². The number of hydrogen-bond donors (Lipinski definition) is 1. The smallest absolute Gasteiger partial charge is 0.148 e. The topological polar surface area (TPSA) is 44.5 Å². The number of rotatable bonds is 4. The molecule has 3 heteroatoms. The van der Waals surface area contributed by atoms with Gasteiger partial charge in [0.05, 0.1) is 0 Å². The first kappa shape index (κ1) is 8.44. The Labute approximate surface area is 55.1 Å². The van der Waals surface area contributed by atoms with Crippen LogP contribution in [0.4, 0.5) is 0 Å². The summed E-state index contributed by atoms with van der Waals surface area (Å²) in [6.07, 6.45) is 4.70. The molecule has 0 aliphatic heterocycles. The molecule has 9 heavy (non-hydrogen) atoms. The summed E-state index contributed by atoms with van der Waals surface area (Å²) in [5.41, 5.74) is 5.20. The molecule has 0 bridgehead atoms. The van der Waals surface area contributed by atoms with Gasteiger partial charge in [-0.2, -0.15) is 0 Å². The molecule has 0 aromatic rings. The highest BCUT2D eigenvalue weighted by Crippen LogP contribution is 1.85. The summed E-state index contributed by atoms with van der Waals surface area (Å²) >= 11 is 0. The minimum atomic E-state index is -0.315. The molecule has 52 valence electrons. The molecular weight excluding hydrogens is 118 g/mol. The van der Waals surface area contributed by atoms with Crippen molar-refractivity contribution in [3.8, 4) is 12.3 Å². The fourth-order valence-corrected chi connectivity index (χ4v) is 0.334. The average molecular weight is 129 g/mol. The molecule has 1 atom stereocenters. The lowest BCUT2D eigenvalue weighted by atomic mass is 10.4. The fraction of sp³-hybridized carbons (Fsp3) is 0.667. The van der Waals surface area contributed by atoms with Gasteiger partial charge in [-0.25, -0.2) is 0 Å². The predicted octanol–water partition coefficient (Wildman–Crippen LogP) is -0.433. The van der Waals surface area contributed by atoms with E-state index in [-0.39, 0.29) is 12.9 Å². The van der Waals surface area contributed by atoms with Gasteiger partial charge in [0.25, 0.3) is 0 Å². The molecule has 0 spiro atoms. The maximum atomic E-state index is 5.20. The van der Waals surface area contributed by atoms with Crippen LogP contribution in [0.3, 0.4) is 0 Å². The maximum absolute atomic E-state index is 5.20. The zero-order valence-corrected chi connectivity index (χ0v) is 5.46. The Hall–Kier alpha value is -0.560. The lowest BCUT2D eigenvalue weighted by molar-refractivity contribution is -0.0492. The Bertz CT molecular complexity index is 97.7. The Morgan fingerprint density at radius 2 is 2.44 bits per heavy atom. The van der Waals surface area contributed by atoms with Crippen LogP contribution < -0.4 is 5.73 Å². The molecule has 0 aliphatic carbocycles. The zero-order valence-electron chi connectivity index (χ0n) is 5.46. The molecule has 0 unspecified atom stereocenters. The summed E-state index contributed by atoms with van der Waals surface area (Å²) in [4.78, 5) is 0. The van der Waals surface area contributed by atoms with Gasteiger partial charge in [0.1, 0.15) is 12.9 Å². The summed E-state index contributed by atoms with van der Waals surface area (Å²) in [5.74, 6) is 2.36. The highest BCUT2D eigenvalue weighted by Gasteiger charge is 1.98. The van der Waals surface area contributed by atoms with Crippen molar-refractivity contribution < 1.29 is 9.47 Å². The van der Waals surface area contributed by atoms with Gasteiger partial charge in [0.15, 0.2) is 0 Å². The van der Waals surface area contributed by atoms with Crippen LogP contribution >= 0.6 is 0 Å². The first-order valence-electron chi connectivity index (χ1n) is 2.62. The van der Waals surface area contributed by atoms with Crippen LogP contribution in [0.2, 0.25) is 0 Å². The summed E-state index contributed by atoms with van der Waals surface area (Å²) in [5, 5.41) is 0. The van der Waals surface area contributed by atoms with Crippen molar-refractivity contribution in [2.24, 2.45) is 5.73 Å². The molecule has 3 nitrogen and oxygen atoms in total. The van der Waals surface area contributed by atoms with Gasteiger partial charge in [0.2, 0.25) is 0 Å². The van der Waals surface area contributed by atoms with Crippen LogP contribution in [0.25, 0.3) is 0 Å². The minimum Gasteiger partial charge on any atom is -0.359 e. The predicted molar refractivity (Wildman–Crippen MR) is 34.6 cm³/mol. The SMILES string of the molecule is C#C[C@@H](CN)OCOC. The van der Waals surface area contributed by atoms with Crippen LogP contribution in [-0.4, -0.2) is 26.6 Å². The Morgan fingerprint density at radius 3 is 2.78 bits per heavy atom. The summed E-state index contributed by atoms with van der Waals surface area (Å²) < 4.78 is 9.51. The van der Waals surface area contributed by atoms with Gasteiger partial charge < -0.3 is 15.2 Å². The molecule has 2 N–H and O–H groups in total. The quantitative estimate of drug-likeness (QED) is 0.413. The third kappa shape index (κ3) is 3.98. The molecule has 0 radical (unpaired) electrons. The average Bonchev–Trinajstić information content (AvgIpc) is 1.91. The van der Waals surface area contributed by atoms with Crippen molar-refractivity contribution in [3.05, 3.63) is 0 Å². The van der Waals surface area contributed by atoms with Crippen LogP contribution in [0.5, 0.6) is 0 Å². The lowest BCUT2D eigenvalue weighted by Crippen LogP contribution is -2.22. The van der Waals surface area contributed by atoms with E-state index in [0.29, 0.717) is 6.54 Å². The second kappa shape index (κ2) is 5.57. The van der Waals surface area contributed by atoms with E-state index < -0.39 is 0 Å². The van der Waals surface area contributed by atoms with Crippen molar-refractivity contribution in [2.75, 3.05) is 20.4 Å². The highest BCUT2D eigenvalue weighted by molar-refractivity contribution is 4.94. The van der Waals surface area contributed by atoms with Gasteiger partial charge in [-0.15, -0.1) is 6.42 Å². The van der Waals surface area contributed by atoms with Gasteiger partial charge in [-0.1, -0.05) is 5.92 Å². The molecule has 0 heterocycles.